The maximum atomic E-state index is 12.6. The number of halogens is 1. The van der Waals surface area contributed by atoms with E-state index in [2.05, 4.69) is 10.5 Å². The molecule has 116 valence electrons. The van der Waals surface area contributed by atoms with Crippen LogP contribution >= 0.6 is 11.6 Å². The molecule has 1 N–H and O–H groups in total. The second kappa shape index (κ2) is 6.67. The summed E-state index contributed by atoms with van der Waals surface area (Å²) in [6, 6.07) is 16.9. The van der Waals surface area contributed by atoms with E-state index in [9.17, 15) is 4.79 Å². The fourth-order valence-corrected chi connectivity index (χ4v) is 2.55. The number of aryl methyl sites for hydroxylation is 1. The van der Waals surface area contributed by atoms with Crippen LogP contribution in [0.25, 0.3) is 11.3 Å². The van der Waals surface area contributed by atoms with E-state index < -0.39 is 0 Å². The zero-order valence-electron chi connectivity index (χ0n) is 12.5. The van der Waals surface area contributed by atoms with Crippen molar-refractivity contribution >= 4 is 17.5 Å². The number of carbonyl (C=O) groups is 1. The van der Waals surface area contributed by atoms with Crippen LogP contribution in [-0.4, -0.2) is 11.1 Å². The third kappa shape index (κ3) is 3.27. The van der Waals surface area contributed by atoms with Gasteiger partial charge in [-0.1, -0.05) is 59.2 Å². The van der Waals surface area contributed by atoms with E-state index in [1.165, 1.54) is 0 Å². The average molecular weight is 327 g/mol. The van der Waals surface area contributed by atoms with Crippen molar-refractivity contribution in [2.24, 2.45) is 0 Å². The number of nitrogens with zero attached hydrogens (tertiary/aromatic N) is 1. The first-order chi connectivity index (χ1) is 11.2. The van der Waals surface area contributed by atoms with E-state index in [1.807, 2.05) is 42.5 Å². The SMILES string of the molecule is Cc1noc(-c2ccccc2Cl)c1C(=O)NCc1ccccc1. The molecule has 0 aliphatic rings. The molecule has 0 fully saturated rings. The molecule has 0 aliphatic carbocycles. The molecule has 0 unspecified atom stereocenters. The Hall–Kier alpha value is -2.59. The van der Waals surface area contributed by atoms with E-state index in [4.69, 9.17) is 16.1 Å². The summed E-state index contributed by atoms with van der Waals surface area (Å²) in [5.74, 6) is 0.154. The van der Waals surface area contributed by atoms with Crippen molar-refractivity contribution in [3.63, 3.8) is 0 Å². The second-order valence-corrected chi connectivity index (χ2v) is 5.53. The predicted octanol–water partition coefficient (Wildman–Crippen LogP) is 4.23. The summed E-state index contributed by atoms with van der Waals surface area (Å²) in [5.41, 5.74) is 2.62. The van der Waals surface area contributed by atoms with E-state index in [0.717, 1.165) is 5.56 Å². The second-order valence-electron chi connectivity index (χ2n) is 5.12. The zero-order valence-corrected chi connectivity index (χ0v) is 13.3. The topological polar surface area (TPSA) is 55.1 Å². The third-order valence-electron chi connectivity index (χ3n) is 3.50. The summed E-state index contributed by atoms with van der Waals surface area (Å²) in [7, 11) is 0. The number of aromatic nitrogens is 1. The molecule has 23 heavy (non-hydrogen) atoms. The summed E-state index contributed by atoms with van der Waals surface area (Å²) < 4.78 is 5.34. The normalized spacial score (nSPS) is 10.5. The Bertz CT molecular complexity index is 828. The van der Waals surface area contributed by atoms with Gasteiger partial charge in [-0.15, -0.1) is 0 Å². The van der Waals surface area contributed by atoms with Gasteiger partial charge in [0.2, 0.25) is 0 Å². The lowest BCUT2D eigenvalue weighted by Gasteiger charge is -2.06. The molecule has 3 rings (SSSR count). The van der Waals surface area contributed by atoms with E-state index >= 15 is 0 Å². The molecular weight excluding hydrogens is 312 g/mol. The van der Waals surface area contributed by atoms with Gasteiger partial charge in [0.25, 0.3) is 5.91 Å². The molecule has 2 aromatic carbocycles. The van der Waals surface area contributed by atoms with Crippen LogP contribution in [0.5, 0.6) is 0 Å². The Morgan fingerprint density at radius 1 is 1.13 bits per heavy atom. The van der Waals surface area contributed by atoms with Gasteiger partial charge in [0.15, 0.2) is 5.76 Å². The van der Waals surface area contributed by atoms with Crippen LogP contribution in [0.2, 0.25) is 5.02 Å². The number of hydrogen-bond donors (Lipinski definition) is 1. The van der Waals surface area contributed by atoms with Crippen LogP contribution in [0.4, 0.5) is 0 Å². The zero-order chi connectivity index (χ0) is 16.2. The molecule has 0 saturated carbocycles. The molecule has 0 bridgehead atoms. The van der Waals surface area contributed by atoms with Gasteiger partial charge in [-0.25, -0.2) is 0 Å². The smallest absolute Gasteiger partial charge is 0.257 e. The Labute approximate surface area is 139 Å². The molecule has 0 radical (unpaired) electrons. The summed E-state index contributed by atoms with van der Waals surface area (Å²) in [6.45, 7) is 2.17. The highest BCUT2D eigenvalue weighted by Crippen LogP contribution is 2.31. The van der Waals surface area contributed by atoms with Crippen LogP contribution in [0.3, 0.4) is 0 Å². The minimum Gasteiger partial charge on any atom is -0.355 e. The minimum atomic E-state index is -0.234. The lowest BCUT2D eigenvalue weighted by atomic mass is 10.1. The first kappa shape index (κ1) is 15.3. The van der Waals surface area contributed by atoms with Crippen molar-refractivity contribution in [3.05, 3.63) is 76.4 Å². The standard InChI is InChI=1S/C18H15ClN2O2/c1-12-16(18(22)20-11-13-7-3-2-4-8-13)17(23-21-12)14-9-5-6-10-15(14)19/h2-10H,11H2,1H3,(H,20,22). The molecule has 1 heterocycles. The summed E-state index contributed by atoms with van der Waals surface area (Å²) in [5, 5.41) is 7.32. The first-order valence-electron chi connectivity index (χ1n) is 7.20. The molecule has 0 aliphatic heterocycles. The van der Waals surface area contributed by atoms with Crippen molar-refractivity contribution in [3.8, 4) is 11.3 Å². The highest BCUT2D eigenvalue weighted by Gasteiger charge is 2.22. The van der Waals surface area contributed by atoms with Crippen molar-refractivity contribution in [2.75, 3.05) is 0 Å². The largest absolute Gasteiger partial charge is 0.355 e. The number of carbonyl (C=O) groups excluding carboxylic acids is 1. The van der Waals surface area contributed by atoms with Crippen molar-refractivity contribution in [1.82, 2.24) is 10.5 Å². The van der Waals surface area contributed by atoms with Gasteiger partial charge in [-0.3, -0.25) is 4.79 Å². The fourth-order valence-electron chi connectivity index (χ4n) is 2.33. The molecule has 4 nitrogen and oxygen atoms in total. The molecule has 0 spiro atoms. The number of rotatable bonds is 4. The van der Waals surface area contributed by atoms with Gasteiger partial charge in [-0.05, 0) is 24.6 Å². The van der Waals surface area contributed by atoms with Gasteiger partial charge in [0.05, 0.1) is 10.7 Å². The summed E-state index contributed by atoms with van der Waals surface area (Å²) in [4.78, 5) is 12.6. The molecule has 5 heteroatoms. The lowest BCUT2D eigenvalue weighted by Crippen LogP contribution is -2.23. The van der Waals surface area contributed by atoms with Crippen LogP contribution < -0.4 is 5.32 Å². The molecule has 1 aromatic heterocycles. The van der Waals surface area contributed by atoms with Crippen molar-refractivity contribution < 1.29 is 9.32 Å². The first-order valence-corrected chi connectivity index (χ1v) is 7.58. The average Bonchev–Trinajstić information content (AvgIpc) is 2.95. The van der Waals surface area contributed by atoms with Crippen molar-refractivity contribution in [1.29, 1.82) is 0 Å². The summed E-state index contributed by atoms with van der Waals surface area (Å²) >= 11 is 6.20. The maximum absolute atomic E-state index is 12.6. The third-order valence-corrected chi connectivity index (χ3v) is 3.83. The number of nitrogens with one attached hydrogen (secondary N) is 1. The monoisotopic (exact) mass is 326 g/mol. The minimum absolute atomic E-state index is 0.234. The van der Waals surface area contributed by atoms with Crippen LogP contribution in [0, 0.1) is 6.92 Å². The van der Waals surface area contributed by atoms with E-state index in [1.54, 1.807) is 19.1 Å². The highest BCUT2D eigenvalue weighted by atomic mass is 35.5. The van der Waals surface area contributed by atoms with Crippen molar-refractivity contribution in [2.45, 2.75) is 13.5 Å². The lowest BCUT2D eigenvalue weighted by molar-refractivity contribution is 0.0950. The Morgan fingerprint density at radius 2 is 1.83 bits per heavy atom. The van der Waals surface area contributed by atoms with Crippen LogP contribution in [0.15, 0.2) is 59.1 Å². The van der Waals surface area contributed by atoms with Gasteiger partial charge >= 0.3 is 0 Å². The van der Waals surface area contributed by atoms with E-state index in [0.29, 0.717) is 34.1 Å². The Morgan fingerprint density at radius 3 is 2.57 bits per heavy atom. The van der Waals surface area contributed by atoms with Crippen LogP contribution in [-0.2, 0) is 6.54 Å². The molecular formula is C18H15ClN2O2. The molecule has 0 saturated heterocycles. The predicted molar refractivity (Wildman–Crippen MR) is 89.3 cm³/mol. The molecule has 3 aromatic rings. The number of benzene rings is 2. The summed E-state index contributed by atoms with van der Waals surface area (Å²) in [6.07, 6.45) is 0. The molecule has 0 atom stereocenters. The molecule has 1 amide bonds. The van der Waals surface area contributed by atoms with Crippen LogP contribution in [0.1, 0.15) is 21.6 Å². The number of amides is 1. The van der Waals surface area contributed by atoms with E-state index in [-0.39, 0.29) is 5.91 Å². The highest BCUT2D eigenvalue weighted by molar-refractivity contribution is 6.33. The number of hydrogen-bond acceptors (Lipinski definition) is 3. The Kier molecular flexibility index (Phi) is 4.44. The Balaban J connectivity index is 1.87. The van der Waals surface area contributed by atoms with Gasteiger partial charge in [0, 0.05) is 12.1 Å². The van der Waals surface area contributed by atoms with Gasteiger partial charge < -0.3 is 9.84 Å². The fraction of sp³-hybridized carbons (Fsp3) is 0.111. The quantitative estimate of drug-likeness (QED) is 0.780. The van der Waals surface area contributed by atoms with Gasteiger partial charge in [-0.2, -0.15) is 0 Å². The maximum Gasteiger partial charge on any atom is 0.257 e. The van der Waals surface area contributed by atoms with Gasteiger partial charge in [0.1, 0.15) is 5.56 Å².